The molecule has 3 aromatic rings. The van der Waals surface area contributed by atoms with Crippen LogP contribution in [0.3, 0.4) is 0 Å². The van der Waals surface area contributed by atoms with Crippen molar-refractivity contribution in [3.05, 3.63) is 60.2 Å². The summed E-state index contributed by atoms with van der Waals surface area (Å²) in [6.45, 7) is -0.928. The predicted molar refractivity (Wildman–Crippen MR) is 117 cm³/mol. The third kappa shape index (κ3) is 5.94. The topological polar surface area (TPSA) is 79.4 Å². The third-order valence-corrected chi connectivity index (χ3v) is 4.37. The fourth-order valence-electron chi connectivity index (χ4n) is 2.88. The Bertz CT molecular complexity index is 1150. The molecule has 32 heavy (non-hydrogen) atoms. The minimum atomic E-state index is -3.09. The van der Waals surface area contributed by atoms with E-state index in [0.29, 0.717) is 34.5 Å². The summed E-state index contributed by atoms with van der Waals surface area (Å²) in [5, 5.41) is 6.07. The highest BCUT2D eigenvalue weighted by molar-refractivity contribution is 6.03. The normalized spacial score (nSPS) is 11.5. The maximum Gasteiger partial charge on any atom is 0.387 e. The molecule has 0 bridgehead atoms. The van der Waals surface area contributed by atoms with E-state index in [0.717, 1.165) is 0 Å². The zero-order valence-corrected chi connectivity index (χ0v) is 17.7. The molecule has 2 N–H and O–H groups in total. The molecule has 168 valence electrons. The summed E-state index contributed by atoms with van der Waals surface area (Å²) in [6, 6.07) is 7.22. The number of nitrogens with zero attached hydrogens (tertiary/aromatic N) is 3. The lowest BCUT2D eigenvalue weighted by atomic mass is 10.1. The molecular formula is C22H22F3N5O2. The van der Waals surface area contributed by atoms with Gasteiger partial charge in [0, 0.05) is 29.8 Å². The number of fused-ring (bicyclic) bond motifs is 1. The van der Waals surface area contributed by atoms with Crippen LogP contribution in [0.5, 0.6) is 5.75 Å². The van der Waals surface area contributed by atoms with E-state index in [1.165, 1.54) is 30.6 Å². The van der Waals surface area contributed by atoms with Crippen molar-refractivity contribution in [1.29, 1.82) is 0 Å². The molecule has 0 aliphatic heterocycles. The Morgan fingerprint density at radius 2 is 2.00 bits per heavy atom. The van der Waals surface area contributed by atoms with E-state index >= 15 is 0 Å². The number of aromatic nitrogens is 2. The van der Waals surface area contributed by atoms with E-state index in [4.69, 9.17) is 0 Å². The van der Waals surface area contributed by atoms with Crippen LogP contribution in [0.25, 0.3) is 10.9 Å². The molecule has 0 aliphatic carbocycles. The molecule has 0 atom stereocenters. The number of hydrogen-bond donors (Lipinski definition) is 2. The van der Waals surface area contributed by atoms with Crippen LogP contribution in [0.15, 0.2) is 48.8 Å². The number of likely N-dealkylation sites (N-methyl/N-ethyl adjacent to an activating group) is 1. The minimum Gasteiger partial charge on any atom is -0.433 e. The fourth-order valence-corrected chi connectivity index (χ4v) is 2.88. The lowest BCUT2D eigenvalue weighted by molar-refractivity contribution is -0.112. The molecule has 0 aliphatic rings. The number of anilines is 3. The van der Waals surface area contributed by atoms with Crippen LogP contribution in [0.4, 0.5) is 30.4 Å². The Hall–Kier alpha value is -3.66. The van der Waals surface area contributed by atoms with Crippen molar-refractivity contribution in [2.45, 2.75) is 13.5 Å². The van der Waals surface area contributed by atoms with E-state index in [1.54, 1.807) is 25.1 Å². The molecule has 0 radical (unpaired) electrons. The van der Waals surface area contributed by atoms with Gasteiger partial charge in [0.05, 0.1) is 11.2 Å². The highest BCUT2D eigenvalue weighted by Gasteiger charge is 2.16. The Labute approximate surface area is 182 Å². The Morgan fingerprint density at radius 1 is 1.22 bits per heavy atom. The Balaban J connectivity index is 1.98. The SMILES string of the molecule is Cc1cc(Nc2ncnc3cc(OC(F)F)c(NC(=O)/C=C/CN(C)C)cc23)ccc1F. The van der Waals surface area contributed by atoms with Crippen LogP contribution in [0, 0.1) is 12.7 Å². The Kier molecular flexibility index (Phi) is 7.26. The van der Waals surface area contributed by atoms with Gasteiger partial charge in [-0.25, -0.2) is 14.4 Å². The summed E-state index contributed by atoms with van der Waals surface area (Å²) in [4.78, 5) is 22.4. The van der Waals surface area contributed by atoms with Crippen molar-refractivity contribution in [3.63, 3.8) is 0 Å². The quantitative estimate of drug-likeness (QED) is 0.498. The molecule has 3 rings (SSSR count). The van der Waals surface area contributed by atoms with Crippen molar-refractivity contribution in [3.8, 4) is 5.75 Å². The van der Waals surface area contributed by atoms with Gasteiger partial charge in [-0.3, -0.25) is 4.79 Å². The minimum absolute atomic E-state index is 0.0328. The number of alkyl halides is 2. The van der Waals surface area contributed by atoms with Gasteiger partial charge in [-0.2, -0.15) is 8.78 Å². The van der Waals surface area contributed by atoms with E-state index in [-0.39, 0.29) is 17.3 Å². The number of carbonyl (C=O) groups excluding carboxylic acids is 1. The number of carbonyl (C=O) groups is 1. The van der Waals surface area contributed by atoms with Crippen LogP contribution < -0.4 is 15.4 Å². The lowest BCUT2D eigenvalue weighted by Crippen LogP contribution is -2.14. The molecule has 0 fully saturated rings. The maximum absolute atomic E-state index is 13.6. The van der Waals surface area contributed by atoms with E-state index in [1.807, 2.05) is 19.0 Å². The van der Waals surface area contributed by atoms with Crippen molar-refractivity contribution in [2.24, 2.45) is 0 Å². The zero-order valence-electron chi connectivity index (χ0n) is 17.7. The number of aryl methyl sites for hydroxylation is 1. The average molecular weight is 445 g/mol. The summed E-state index contributed by atoms with van der Waals surface area (Å²) in [7, 11) is 3.69. The van der Waals surface area contributed by atoms with Crippen LogP contribution in [-0.2, 0) is 4.79 Å². The summed E-state index contributed by atoms with van der Waals surface area (Å²) in [5.74, 6) is -0.734. The van der Waals surface area contributed by atoms with Gasteiger partial charge in [0.15, 0.2) is 5.75 Å². The average Bonchev–Trinajstić information content (AvgIpc) is 2.71. The van der Waals surface area contributed by atoms with E-state index < -0.39 is 12.5 Å². The highest BCUT2D eigenvalue weighted by atomic mass is 19.3. The standard InChI is InChI=1S/C22H22F3N5O2/c1-13-9-14(6-7-16(13)23)28-21-15-10-18(29-20(31)5-4-8-30(2)3)19(32-22(24)25)11-17(15)26-12-27-21/h4-7,9-12,22H,8H2,1-3H3,(H,29,31)(H,26,27,28)/b5-4+. The summed E-state index contributed by atoms with van der Waals surface area (Å²) in [6.07, 6.45) is 4.20. The van der Waals surface area contributed by atoms with Crippen LogP contribution >= 0.6 is 0 Å². The van der Waals surface area contributed by atoms with Gasteiger partial charge >= 0.3 is 6.61 Å². The first-order valence-electron chi connectivity index (χ1n) is 9.62. The first-order valence-corrected chi connectivity index (χ1v) is 9.62. The second kappa shape index (κ2) is 10.1. The number of hydrogen-bond acceptors (Lipinski definition) is 6. The lowest BCUT2D eigenvalue weighted by Gasteiger charge is -2.14. The number of nitrogens with one attached hydrogen (secondary N) is 2. The third-order valence-electron chi connectivity index (χ3n) is 4.37. The molecule has 1 aromatic heterocycles. The van der Waals surface area contributed by atoms with Crippen LogP contribution in [0.1, 0.15) is 5.56 Å². The zero-order chi connectivity index (χ0) is 23.3. The van der Waals surface area contributed by atoms with Gasteiger partial charge < -0.3 is 20.3 Å². The molecule has 10 heteroatoms. The van der Waals surface area contributed by atoms with E-state index in [9.17, 15) is 18.0 Å². The summed E-state index contributed by atoms with van der Waals surface area (Å²) in [5.41, 5.74) is 1.37. The fraction of sp³-hybridized carbons (Fsp3) is 0.227. The van der Waals surface area contributed by atoms with Crippen molar-refractivity contribution in [2.75, 3.05) is 31.3 Å². The molecule has 0 saturated carbocycles. The van der Waals surface area contributed by atoms with Gasteiger partial charge in [0.25, 0.3) is 0 Å². The number of halogens is 3. The predicted octanol–water partition coefficient (Wildman–Crippen LogP) is 4.48. The van der Waals surface area contributed by atoms with Gasteiger partial charge in [0.2, 0.25) is 5.91 Å². The van der Waals surface area contributed by atoms with Crippen molar-refractivity contribution >= 4 is 34.0 Å². The second-order valence-corrected chi connectivity index (χ2v) is 7.21. The van der Waals surface area contributed by atoms with Gasteiger partial charge in [-0.05, 0) is 50.8 Å². The molecule has 0 spiro atoms. The second-order valence-electron chi connectivity index (χ2n) is 7.21. The van der Waals surface area contributed by atoms with Gasteiger partial charge in [-0.15, -0.1) is 0 Å². The molecule has 1 amide bonds. The van der Waals surface area contributed by atoms with E-state index in [2.05, 4.69) is 25.3 Å². The largest absolute Gasteiger partial charge is 0.433 e. The maximum atomic E-state index is 13.6. The number of rotatable bonds is 8. The molecule has 7 nitrogen and oxygen atoms in total. The molecule has 1 heterocycles. The first-order chi connectivity index (χ1) is 15.2. The number of amides is 1. The van der Waals surface area contributed by atoms with Crippen molar-refractivity contribution < 1.29 is 22.7 Å². The highest BCUT2D eigenvalue weighted by Crippen LogP contribution is 2.34. The van der Waals surface area contributed by atoms with Crippen LogP contribution in [0.2, 0.25) is 0 Å². The number of benzene rings is 2. The molecule has 2 aromatic carbocycles. The van der Waals surface area contributed by atoms with Crippen LogP contribution in [-0.4, -0.2) is 48.0 Å². The van der Waals surface area contributed by atoms with Gasteiger partial charge in [-0.1, -0.05) is 6.08 Å². The molecular weight excluding hydrogens is 423 g/mol. The summed E-state index contributed by atoms with van der Waals surface area (Å²) >= 11 is 0. The Morgan fingerprint density at radius 3 is 2.69 bits per heavy atom. The van der Waals surface area contributed by atoms with Gasteiger partial charge in [0.1, 0.15) is 18.0 Å². The molecule has 0 saturated heterocycles. The van der Waals surface area contributed by atoms with Crippen molar-refractivity contribution in [1.82, 2.24) is 14.9 Å². The smallest absolute Gasteiger partial charge is 0.387 e. The molecule has 0 unspecified atom stereocenters. The summed E-state index contributed by atoms with van der Waals surface area (Å²) < 4.78 is 44.0. The monoisotopic (exact) mass is 445 g/mol. The first kappa shape index (κ1) is 23.0. The number of ether oxygens (including phenoxy) is 1.